The Morgan fingerprint density at radius 2 is 1.32 bits per heavy atom. The van der Waals surface area contributed by atoms with Crippen molar-refractivity contribution in [1.82, 2.24) is 0 Å². The molecule has 2 amide bonds. The van der Waals surface area contributed by atoms with Gasteiger partial charge >= 0.3 is 6.18 Å². The lowest BCUT2D eigenvalue weighted by molar-refractivity contribution is -0.143. The zero-order chi connectivity index (χ0) is 29.9. The monoisotopic (exact) mass is 596 g/mol. The minimum absolute atomic E-state index is 0.158. The van der Waals surface area contributed by atoms with Crippen LogP contribution in [0.15, 0.2) is 83.8 Å². The second kappa shape index (κ2) is 12.0. The number of hydrogen-bond acceptors (Lipinski definition) is 3. The van der Waals surface area contributed by atoms with Crippen LogP contribution in [0.1, 0.15) is 26.7 Å². The minimum Gasteiger partial charge on any atom is -0.322 e. The number of anilines is 2. The maximum Gasteiger partial charge on any atom is 0.422 e. The highest BCUT2D eigenvalue weighted by Gasteiger charge is 2.42. The summed E-state index contributed by atoms with van der Waals surface area (Å²) >= 11 is 0.810. The van der Waals surface area contributed by atoms with E-state index in [1.54, 1.807) is 11.4 Å². The van der Waals surface area contributed by atoms with Crippen molar-refractivity contribution in [2.45, 2.75) is 16.3 Å². The predicted molar refractivity (Wildman–Crippen MR) is 136 cm³/mol. The molecule has 1 atom stereocenters. The normalized spacial score (nSPS) is 12.1. The topological polar surface area (TPSA) is 58.2 Å². The Labute approximate surface area is 231 Å². The molecule has 0 aromatic heterocycles. The molecule has 0 aliphatic rings. The lowest BCUT2D eigenvalue weighted by Gasteiger charge is -2.19. The van der Waals surface area contributed by atoms with Gasteiger partial charge in [0.05, 0.1) is 0 Å². The molecule has 41 heavy (non-hydrogen) atoms. The molecule has 4 nitrogen and oxygen atoms in total. The van der Waals surface area contributed by atoms with Crippen LogP contribution in [0.5, 0.6) is 0 Å². The highest BCUT2D eigenvalue weighted by molar-refractivity contribution is 8.00. The Kier molecular flexibility index (Phi) is 8.66. The Morgan fingerprint density at radius 1 is 0.707 bits per heavy atom. The van der Waals surface area contributed by atoms with Crippen LogP contribution >= 0.6 is 11.8 Å². The molecule has 212 valence electrons. The zero-order valence-corrected chi connectivity index (χ0v) is 21.1. The van der Waals surface area contributed by atoms with Crippen LogP contribution < -0.4 is 10.6 Å². The van der Waals surface area contributed by atoms with Crippen LogP contribution in [-0.2, 0) is 11.0 Å². The summed E-state index contributed by atoms with van der Waals surface area (Å²) in [6, 6.07) is 18.4. The van der Waals surface area contributed by atoms with Crippen LogP contribution in [0, 0.1) is 29.1 Å². The molecule has 0 saturated heterocycles. The second-order valence-electron chi connectivity index (χ2n) is 8.39. The van der Waals surface area contributed by atoms with Crippen molar-refractivity contribution in [3.05, 3.63) is 125 Å². The van der Waals surface area contributed by atoms with Crippen LogP contribution in [0.4, 0.5) is 46.5 Å². The van der Waals surface area contributed by atoms with Gasteiger partial charge in [-0.05, 0) is 48.0 Å². The largest absolute Gasteiger partial charge is 0.422 e. The first kappa shape index (κ1) is 29.6. The van der Waals surface area contributed by atoms with Crippen molar-refractivity contribution < 1.29 is 44.7 Å². The Hall–Kier alpha value is -4.39. The summed E-state index contributed by atoms with van der Waals surface area (Å²) in [5.74, 6) is -12.6. The summed E-state index contributed by atoms with van der Waals surface area (Å²) in [6.45, 7) is 0. The zero-order valence-electron chi connectivity index (χ0n) is 20.3. The molecule has 4 rings (SSSR count). The standard InChI is InChI=1S/C28H16F8N2O2S/c29-16-11-9-15(10-12-16)26(39)37-17-7-4-8-18(13-17)41-25(14-5-2-1-3-6-14)27(40)38-24-22(32)20(30)19(28(34,35)36)21(31)23(24)33/h1-13,25H,(H,37,39)(H,38,40). The van der Waals surface area contributed by atoms with Gasteiger partial charge in [0.1, 0.15) is 22.3 Å². The van der Waals surface area contributed by atoms with E-state index in [1.165, 1.54) is 60.7 Å². The van der Waals surface area contributed by atoms with Gasteiger partial charge < -0.3 is 10.6 Å². The molecule has 1 unspecified atom stereocenters. The Morgan fingerprint density at radius 3 is 1.90 bits per heavy atom. The number of alkyl halides is 3. The van der Waals surface area contributed by atoms with E-state index in [2.05, 4.69) is 5.32 Å². The van der Waals surface area contributed by atoms with Gasteiger partial charge in [-0.2, -0.15) is 13.2 Å². The van der Waals surface area contributed by atoms with Gasteiger partial charge in [0.15, 0.2) is 23.3 Å². The molecule has 0 radical (unpaired) electrons. The van der Waals surface area contributed by atoms with Crippen molar-refractivity contribution >= 4 is 35.0 Å². The van der Waals surface area contributed by atoms with Gasteiger partial charge in [0.2, 0.25) is 5.91 Å². The molecule has 2 N–H and O–H groups in total. The maximum atomic E-state index is 14.5. The Bertz CT molecular complexity index is 1570. The fourth-order valence-corrected chi connectivity index (χ4v) is 4.75. The van der Waals surface area contributed by atoms with E-state index < -0.39 is 63.6 Å². The number of benzene rings is 4. The molecular formula is C28H16F8N2O2S. The third-order valence-electron chi connectivity index (χ3n) is 5.59. The highest BCUT2D eigenvalue weighted by Crippen LogP contribution is 2.41. The van der Waals surface area contributed by atoms with Gasteiger partial charge in [0, 0.05) is 16.1 Å². The fraction of sp³-hybridized carbons (Fsp3) is 0.0714. The fourth-order valence-electron chi connectivity index (χ4n) is 3.67. The van der Waals surface area contributed by atoms with E-state index in [0.29, 0.717) is 4.90 Å². The molecular weight excluding hydrogens is 580 g/mol. The van der Waals surface area contributed by atoms with E-state index >= 15 is 0 Å². The second-order valence-corrected chi connectivity index (χ2v) is 9.57. The van der Waals surface area contributed by atoms with Crippen LogP contribution in [0.25, 0.3) is 0 Å². The van der Waals surface area contributed by atoms with E-state index in [0.717, 1.165) is 23.9 Å². The van der Waals surface area contributed by atoms with Gasteiger partial charge in [-0.15, -0.1) is 11.8 Å². The summed E-state index contributed by atoms with van der Waals surface area (Å²) in [5, 5.41) is 2.94. The van der Waals surface area contributed by atoms with Crippen LogP contribution in [0.3, 0.4) is 0 Å². The minimum atomic E-state index is -5.74. The molecule has 0 heterocycles. The lowest BCUT2D eigenvalue weighted by Crippen LogP contribution is -2.23. The number of rotatable bonds is 7. The summed E-state index contributed by atoms with van der Waals surface area (Å²) in [5.41, 5.74) is -3.80. The third-order valence-corrected chi connectivity index (χ3v) is 6.84. The van der Waals surface area contributed by atoms with Crippen molar-refractivity contribution in [3.63, 3.8) is 0 Å². The molecule has 4 aromatic carbocycles. The van der Waals surface area contributed by atoms with Crippen LogP contribution in [0.2, 0.25) is 0 Å². The molecule has 13 heteroatoms. The predicted octanol–water partition coefficient (Wildman–Crippen LogP) is 8.13. The average molecular weight is 596 g/mol. The Balaban J connectivity index is 1.63. The van der Waals surface area contributed by atoms with E-state index in [9.17, 15) is 44.7 Å². The van der Waals surface area contributed by atoms with Crippen molar-refractivity contribution in [3.8, 4) is 0 Å². The van der Waals surface area contributed by atoms with Crippen LogP contribution in [-0.4, -0.2) is 11.8 Å². The molecule has 0 bridgehead atoms. The number of nitrogens with one attached hydrogen (secondary N) is 2. The lowest BCUT2D eigenvalue weighted by atomic mass is 10.1. The number of carbonyl (C=O) groups excluding carboxylic acids is 2. The number of halogens is 8. The van der Waals surface area contributed by atoms with E-state index in [-0.39, 0.29) is 16.8 Å². The first-order valence-electron chi connectivity index (χ1n) is 11.5. The maximum absolute atomic E-state index is 14.5. The summed E-state index contributed by atoms with van der Waals surface area (Å²) < 4.78 is 109. The van der Waals surface area contributed by atoms with E-state index in [1.807, 2.05) is 0 Å². The summed E-state index contributed by atoms with van der Waals surface area (Å²) in [7, 11) is 0. The van der Waals surface area contributed by atoms with Gasteiger partial charge in [-0.1, -0.05) is 36.4 Å². The molecule has 0 aliphatic heterocycles. The molecule has 0 fully saturated rings. The third kappa shape index (κ3) is 6.68. The van der Waals surface area contributed by atoms with Gasteiger partial charge in [-0.25, -0.2) is 22.0 Å². The van der Waals surface area contributed by atoms with Crippen molar-refractivity contribution in [1.29, 1.82) is 0 Å². The SMILES string of the molecule is O=C(Nc1cccc(SC(C(=O)Nc2c(F)c(F)c(C(F)(F)F)c(F)c2F)c2ccccc2)c1)c1ccc(F)cc1. The number of carbonyl (C=O) groups is 2. The molecule has 0 aliphatic carbocycles. The summed E-state index contributed by atoms with van der Waals surface area (Å²) in [6.07, 6.45) is -5.74. The first-order valence-corrected chi connectivity index (χ1v) is 12.4. The smallest absolute Gasteiger partial charge is 0.322 e. The number of amides is 2. The van der Waals surface area contributed by atoms with Crippen molar-refractivity contribution in [2.24, 2.45) is 0 Å². The van der Waals surface area contributed by atoms with Gasteiger partial charge in [-0.3, -0.25) is 9.59 Å². The first-order chi connectivity index (χ1) is 19.4. The summed E-state index contributed by atoms with van der Waals surface area (Å²) in [4.78, 5) is 26.0. The van der Waals surface area contributed by atoms with Gasteiger partial charge in [0.25, 0.3) is 5.91 Å². The van der Waals surface area contributed by atoms with E-state index in [4.69, 9.17) is 0 Å². The quantitative estimate of drug-likeness (QED) is 0.129. The van der Waals surface area contributed by atoms with Crippen molar-refractivity contribution in [2.75, 3.05) is 10.6 Å². The molecule has 0 saturated carbocycles. The average Bonchev–Trinajstić information content (AvgIpc) is 2.93. The number of hydrogen-bond donors (Lipinski definition) is 2. The number of thioether (sulfide) groups is 1. The highest BCUT2D eigenvalue weighted by atomic mass is 32.2. The molecule has 0 spiro atoms. The molecule has 4 aromatic rings.